The molecular weight excluding hydrogens is 256 g/mol. The van der Waals surface area contributed by atoms with Crippen molar-refractivity contribution in [1.82, 2.24) is 10.2 Å². The van der Waals surface area contributed by atoms with E-state index in [2.05, 4.69) is 43.4 Å². The zero-order valence-corrected chi connectivity index (χ0v) is 13.0. The van der Waals surface area contributed by atoms with Crippen LogP contribution in [0.15, 0.2) is 18.2 Å². The summed E-state index contributed by atoms with van der Waals surface area (Å²) in [5.41, 5.74) is 2.53. The first-order valence-electron chi connectivity index (χ1n) is 7.20. The van der Waals surface area contributed by atoms with Gasteiger partial charge in [0.15, 0.2) is 0 Å². The van der Waals surface area contributed by atoms with Crippen LogP contribution in [0, 0.1) is 6.92 Å². The Morgan fingerprint density at radius 2 is 1.84 bits per heavy atom. The van der Waals surface area contributed by atoms with E-state index in [9.17, 15) is 0 Å². The highest BCUT2D eigenvalue weighted by molar-refractivity contribution is 6.30. The lowest BCUT2D eigenvalue weighted by Gasteiger charge is -2.33. The number of nitrogens with zero attached hydrogens (tertiary/aromatic N) is 1. The van der Waals surface area contributed by atoms with Crippen molar-refractivity contribution in [1.29, 1.82) is 0 Å². The Balaban J connectivity index is 1.80. The molecule has 0 aromatic heterocycles. The Hall–Kier alpha value is -0.570. The van der Waals surface area contributed by atoms with E-state index in [1.807, 2.05) is 6.07 Å². The van der Waals surface area contributed by atoms with Gasteiger partial charge in [0.2, 0.25) is 0 Å². The van der Waals surface area contributed by atoms with Crippen LogP contribution in [0.3, 0.4) is 0 Å². The van der Waals surface area contributed by atoms with Crippen molar-refractivity contribution in [2.24, 2.45) is 0 Å². The highest BCUT2D eigenvalue weighted by atomic mass is 35.5. The fraction of sp³-hybridized carbons (Fsp3) is 0.625. The smallest absolute Gasteiger partial charge is 0.0411 e. The van der Waals surface area contributed by atoms with Crippen LogP contribution in [0.5, 0.6) is 0 Å². The van der Waals surface area contributed by atoms with E-state index in [1.165, 1.54) is 36.8 Å². The predicted molar refractivity (Wildman–Crippen MR) is 82.8 cm³/mol. The summed E-state index contributed by atoms with van der Waals surface area (Å²) in [7, 11) is 4.38. The molecule has 1 aliphatic carbocycles. The van der Waals surface area contributed by atoms with Crippen molar-refractivity contribution < 1.29 is 0 Å². The van der Waals surface area contributed by atoms with Gasteiger partial charge in [-0.3, -0.25) is 0 Å². The first kappa shape index (κ1) is 14.8. The van der Waals surface area contributed by atoms with Gasteiger partial charge in [0.25, 0.3) is 0 Å². The molecule has 1 fully saturated rings. The van der Waals surface area contributed by atoms with Gasteiger partial charge in [0.1, 0.15) is 0 Å². The molecule has 1 saturated carbocycles. The van der Waals surface area contributed by atoms with E-state index < -0.39 is 0 Å². The van der Waals surface area contributed by atoms with E-state index >= 15 is 0 Å². The summed E-state index contributed by atoms with van der Waals surface area (Å²) in [5, 5.41) is 4.52. The van der Waals surface area contributed by atoms with Gasteiger partial charge in [-0.1, -0.05) is 17.7 Å². The van der Waals surface area contributed by atoms with Gasteiger partial charge in [-0.2, -0.15) is 0 Å². The number of aryl methyl sites for hydroxylation is 1. The van der Waals surface area contributed by atoms with Crippen molar-refractivity contribution >= 4 is 11.6 Å². The molecule has 2 rings (SSSR count). The van der Waals surface area contributed by atoms with Gasteiger partial charge >= 0.3 is 0 Å². The van der Waals surface area contributed by atoms with E-state index in [0.717, 1.165) is 17.6 Å². The maximum Gasteiger partial charge on any atom is 0.0411 e. The van der Waals surface area contributed by atoms with Crippen LogP contribution >= 0.6 is 11.6 Å². The molecule has 0 aliphatic heterocycles. The third-order valence-electron chi connectivity index (χ3n) is 4.12. The summed E-state index contributed by atoms with van der Waals surface area (Å²) in [5.74, 6) is 0. The summed E-state index contributed by atoms with van der Waals surface area (Å²) >= 11 is 6.09. The van der Waals surface area contributed by atoms with Gasteiger partial charge in [0.05, 0.1) is 0 Å². The highest BCUT2D eigenvalue weighted by Crippen LogP contribution is 2.22. The largest absolute Gasteiger partial charge is 0.310 e. The van der Waals surface area contributed by atoms with Crippen LogP contribution in [0.4, 0.5) is 0 Å². The third-order valence-corrected chi connectivity index (χ3v) is 4.34. The fourth-order valence-electron chi connectivity index (χ4n) is 2.97. The molecule has 0 radical (unpaired) electrons. The minimum Gasteiger partial charge on any atom is -0.310 e. The second kappa shape index (κ2) is 6.74. The number of nitrogens with one attached hydrogen (secondary N) is 1. The molecule has 0 unspecified atom stereocenters. The summed E-state index contributed by atoms with van der Waals surface area (Å²) in [6.45, 7) is 3.02. The maximum atomic E-state index is 6.09. The Morgan fingerprint density at radius 3 is 2.42 bits per heavy atom. The van der Waals surface area contributed by atoms with Crippen molar-refractivity contribution in [3.8, 4) is 0 Å². The normalized spacial score (nSPS) is 23.8. The molecule has 0 bridgehead atoms. The van der Waals surface area contributed by atoms with E-state index in [1.54, 1.807) is 0 Å². The molecular formula is C16H25ClN2. The molecule has 1 aromatic rings. The molecule has 1 N–H and O–H groups in total. The van der Waals surface area contributed by atoms with E-state index in [-0.39, 0.29) is 0 Å². The number of hydrogen-bond acceptors (Lipinski definition) is 2. The number of rotatable bonds is 4. The molecule has 0 heterocycles. The second-order valence-electron chi connectivity index (χ2n) is 5.99. The maximum absolute atomic E-state index is 6.09. The first-order chi connectivity index (χ1) is 9.04. The van der Waals surface area contributed by atoms with Gasteiger partial charge in [-0.05, 0) is 70.0 Å². The summed E-state index contributed by atoms with van der Waals surface area (Å²) in [6, 6.07) is 7.71. The van der Waals surface area contributed by atoms with Crippen LogP contribution in [0.1, 0.15) is 36.8 Å². The molecule has 106 valence electrons. The lowest BCUT2D eigenvalue weighted by Crippen LogP contribution is -2.39. The number of hydrogen-bond donors (Lipinski definition) is 1. The zero-order valence-electron chi connectivity index (χ0n) is 12.2. The molecule has 1 aliphatic rings. The Kier molecular flexibility index (Phi) is 5.26. The SMILES string of the molecule is Cc1cc(Cl)cc(CNC2CCC(N(C)C)CC2)c1. The Bertz CT molecular complexity index is 389. The van der Waals surface area contributed by atoms with Gasteiger partial charge < -0.3 is 10.2 Å². The van der Waals surface area contributed by atoms with Crippen LogP contribution in [-0.4, -0.2) is 31.1 Å². The average Bonchev–Trinajstić information content (AvgIpc) is 2.36. The average molecular weight is 281 g/mol. The van der Waals surface area contributed by atoms with Crippen molar-refractivity contribution in [3.63, 3.8) is 0 Å². The van der Waals surface area contributed by atoms with Crippen LogP contribution in [-0.2, 0) is 6.54 Å². The lowest BCUT2D eigenvalue weighted by molar-refractivity contribution is 0.204. The van der Waals surface area contributed by atoms with E-state index in [4.69, 9.17) is 11.6 Å². The summed E-state index contributed by atoms with van der Waals surface area (Å²) in [4.78, 5) is 2.36. The topological polar surface area (TPSA) is 15.3 Å². The lowest BCUT2D eigenvalue weighted by atomic mass is 9.90. The zero-order chi connectivity index (χ0) is 13.8. The summed E-state index contributed by atoms with van der Waals surface area (Å²) in [6.07, 6.45) is 5.17. The van der Waals surface area contributed by atoms with Gasteiger partial charge in [-0.25, -0.2) is 0 Å². The van der Waals surface area contributed by atoms with Crippen LogP contribution in [0.2, 0.25) is 5.02 Å². The molecule has 0 atom stereocenters. The second-order valence-corrected chi connectivity index (χ2v) is 6.42. The molecule has 0 spiro atoms. The monoisotopic (exact) mass is 280 g/mol. The third kappa shape index (κ3) is 4.48. The van der Waals surface area contributed by atoms with E-state index in [0.29, 0.717) is 6.04 Å². The van der Waals surface area contributed by atoms with Gasteiger partial charge in [0, 0.05) is 23.7 Å². The highest BCUT2D eigenvalue weighted by Gasteiger charge is 2.21. The Labute approximate surface area is 122 Å². The predicted octanol–water partition coefficient (Wildman–Crippen LogP) is 3.61. The van der Waals surface area contributed by atoms with Crippen molar-refractivity contribution in [2.75, 3.05) is 14.1 Å². The fourth-order valence-corrected chi connectivity index (χ4v) is 3.28. The quantitative estimate of drug-likeness (QED) is 0.906. The summed E-state index contributed by atoms with van der Waals surface area (Å²) < 4.78 is 0. The number of benzene rings is 1. The minimum atomic E-state index is 0.662. The van der Waals surface area contributed by atoms with Gasteiger partial charge in [-0.15, -0.1) is 0 Å². The molecule has 1 aromatic carbocycles. The molecule has 0 saturated heterocycles. The van der Waals surface area contributed by atoms with Crippen LogP contribution in [0.25, 0.3) is 0 Å². The molecule has 3 heteroatoms. The number of halogens is 1. The Morgan fingerprint density at radius 1 is 1.16 bits per heavy atom. The van der Waals surface area contributed by atoms with Crippen LogP contribution < -0.4 is 5.32 Å². The molecule has 19 heavy (non-hydrogen) atoms. The molecule has 0 amide bonds. The minimum absolute atomic E-state index is 0.662. The standard InChI is InChI=1S/C16H25ClN2/c1-12-8-13(10-14(17)9-12)11-18-15-4-6-16(7-5-15)19(2)3/h8-10,15-16,18H,4-7,11H2,1-3H3. The molecule has 2 nitrogen and oxygen atoms in total. The van der Waals surface area contributed by atoms with Crippen molar-refractivity contribution in [2.45, 2.75) is 51.2 Å². The first-order valence-corrected chi connectivity index (χ1v) is 7.58. The van der Waals surface area contributed by atoms with Crippen molar-refractivity contribution in [3.05, 3.63) is 34.3 Å².